The molecule has 0 saturated heterocycles. The number of rotatable bonds is 5. The molecule has 3 heteroatoms. The number of pyridine rings is 1. The van der Waals surface area contributed by atoms with Crippen molar-refractivity contribution in [2.45, 2.75) is 6.54 Å². The first kappa shape index (κ1) is 17.1. The fourth-order valence-electron chi connectivity index (χ4n) is 3.28. The number of aromatic nitrogens is 2. The molecule has 27 heavy (non-hydrogen) atoms. The van der Waals surface area contributed by atoms with Crippen molar-refractivity contribution in [1.29, 1.82) is 0 Å². The monoisotopic (exact) mass is 355 g/mol. The highest BCUT2D eigenvalue weighted by molar-refractivity contribution is 5.93. The van der Waals surface area contributed by atoms with Gasteiger partial charge in [-0.05, 0) is 29.3 Å². The third-order valence-corrected chi connectivity index (χ3v) is 4.77. The SMILES string of the molecule is COc1ccc2c(c1)c(/C=C/c1cc[n+](C)cc1)cn2Cc1ccccc1. The molecule has 4 aromatic rings. The van der Waals surface area contributed by atoms with E-state index in [0.29, 0.717) is 0 Å². The van der Waals surface area contributed by atoms with Crippen molar-refractivity contribution in [1.82, 2.24) is 4.57 Å². The van der Waals surface area contributed by atoms with Crippen molar-refractivity contribution in [3.8, 4) is 5.75 Å². The fraction of sp³-hybridized carbons (Fsp3) is 0.125. The second kappa shape index (κ2) is 7.50. The van der Waals surface area contributed by atoms with E-state index in [0.717, 1.165) is 12.3 Å². The first-order valence-electron chi connectivity index (χ1n) is 9.07. The van der Waals surface area contributed by atoms with Gasteiger partial charge in [0.05, 0.1) is 7.11 Å². The van der Waals surface area contributed by atoms with Gasteiger partial charge >= 0.3 is 0 Å². The lowest BCUT2D eigenvalue weighted by Gasteiger charge is -2.06. The Morgan fingerprint density at radius 2 is 1.74 bits per heavy atom. The molecular weight excluding hydrogens is 332 g/mol. The summed E-state index contributed by atoms with van der Waals surface area (Å²) in [6, 6.07) is 21.0. The quantitative estimate of drug-likeness (QED) is 0.475. The van der Waals surface area contributed by atoms with Crippen molar-refractivity contribution < 1.29 is 9.30 Å². The van der Waals surface area contributed by atoms with Crippen molar-refractivity contribution in [3.05, 3.63) is 95.9 Å². The van der Waals surface area contributed by atoms with Crippen molar-refractivity contribution in [3.63, 3.8) is 0 Å². The summed E-state index contributed by atoms with van der Waals surface area (Å²) in [6.07, 6.45) is 10.7. The highest BCUT2D eigenvalue weighted by Gasteiger charge is 2.09. The lowest BCUT2D eigenvalue weighted by molar-refractivity contribution is -0.671. The summed E-state index contributed by atoms with van der Waals surface area (Å²) in [5, 5.41) is 1.20. The van der Waals surface area contributed by atoms with E-state index in [4.69, 9.17) is 4.74 Å². The van der Waals surface area contributed by atoms with Crippen LogP contribution in [0.2, 0.25) is 0 Å². The van der Waals surface area contributed by atoms with E-state index < -0.39 is 0 Å². The fourth-order valence-corrected chi connectivity index (χ4v) is 3.28. The van der Waals surface area contributed by atoms with E-state index >= 15 is 0 Å². The second-order valence-corrected chi connectivity index (χ2v) is 6.71. The lowest BCUT2D eigenvalue weighted by Crippen LogP contribution is -2.25. The average Bonchev–Trinajstić information content (AvgIpc) is 3.05. The molecule has 3 nitrogen and oxygen atoms in total. The largest absolute Gasteiger partial charge is 0.497 e. The predicted molar refractivity (Wildman–Crippen MR) is 111 cm³/mol. The van der Waals surface area contributed by atoms with Gasteiger partial charge in [-0.25, -0.2) is 4.57 Å². The number of aryl methyl sites for hydroxylation is 1. The maximum absolute atomic E-state index is 5.44. The smallest absolute Gasteiger partial charge is 0.169 e. The minimum Gasteiger partial charge on any atom is -0.497 e. The van der Waals surface area contributed by atoms with E-state index in [-0.39, 0.29) is 0 Å². The molecule has 0 bridgehead atoms. The third-order valence-electron chi connectivity index (χ3n) is 4.77. The Bertz CT molecular complexity index is 1080. The molecule has 0 saturated carbocycles. The molecule has 0 radical (unpaired) electrons. The normalized spacial score (nSPS) is 11.3. The summed E-state index contributed by atoms with van der Waals surface area (Å²) in [5.41, 5.74) is 4.86. The topological polar surface area (TPSA) is 18.0 Å². The standard InChI is InChI=1S/C24H23N2O/c1-25-14-12-19(13-15-25)8-9-21-18-26(17-20-6-4-3-5-7-20)24-11-10-22(27-2)16-23(21)24/h3-16,18H,17H2,1-2H3/q+1. The molecule has 0 N–H and O–H groups in total. The van der Waals surface area contributed by atoms with Gasteiger partial charge in [-0.3, -0.25) is 0 Å². The van der Waals surface area contributed by atoms with Gasteiger partial charge in [0.25, 0.3) is 0 Å². The van der Waals surface area contributed by atoms with Gasteiger partial charge in [-0.15, -0.1) is 0 Å². The molecule has 2 heterocycles. The van der Waals surface area contributed by atoms with Crippen LogP contribution in [0.15, 0.2) is 79.3 Å². The van der Waals surface area contributed by atoms with Crippen LogP contribution in [0.25, 0.3) is 23.1 Å². The van der Waals surface area contributed by atoms with Crippen LogP contribution in [0.1, 0.15) is 16.7 Å². The van der Waals surface area contributed by atoms with Crippen LogP contribution in [0.3, 0.4) is 0 Å². The number of hydrogen-bond donors (Lipinski definition) is 0. The summed E-state index contributed by atoms with van der Waals surface area (Å²) in [5.74, 6) is 0.876. The number of fused-ring (bicyclic) bond motifs is 1. The number of hydrogen-bond acceptors (Lipinski definition) is 1. The first-order valence-corrected chi connectivity index (χ1v) is 9.07. The highest BCUT2D eigenvalue weighted by atomic mass is 16.5. The second-order valence-electron chi connectivity index (χ2n) is 6.71. The Balaban J connectivity index is 1.75. The van der Waals surface area contributed by atoms with E-state index in [1.807, 2.05) is 17.7 Å². The van der Waals surface area contributed by atoms with Crippen molar-refractivity contribution in [2.75, 3.05) is 7.11 Å². The van der Waals surface area contributed by atoms with Gasteiger partial charge in [0, 0.05) is 41.3 Å². The minimum atomic E-state index is 0.846. The first-order chi connectivity index (χ1) is 13.2. The molecule has 0 amide bonds. The molecule has 0 fully saturated rings. The number of methoxy groups -OCH3 is 1. The molecule has 2 aromatic carbocycles. The molecule has 0 aliphatic carbocycles. The summed E-state index contributed by atoms with van der Waals surface area (Å²) in [4.78, 5) is 0. The third kappa shape index (κ3) is 3.77. The van der Waals surface area contributed by atoms with Crippen LogP contribution >= 0.6 is 0 Å². The molecule has 2 aromatic heterocycles. The van der Waals surface area contributed by atoms with E-state index in [2.05, 4.69) is 89.9 Å². The molecule has 0 aliphatic heterocycles. The van der Waals surface area contributed by atoms with Crippen molar-refractivity contribution >= 4 is 23.1 Å². The van der Waals surface area contributed by atoms with Gasteiger partial charge in [0.1, 0.15) is 12.8 Å². The number of ether oxygens (including phenoxy) is 1. The van der Waals surface area contributed by atoms with Crippen LogP contribution in [0, 0.1) is 0 Å². The zero-order valence-electron chi connectivity index (χ0n) is 15.7. The minimum absolute atomic E-state index is 0.846. The zero-order valence-corrected chi connectivity index (χ0v) is 15.7. The summed E-state index contributed by atoms with van der Waals surface area (Å²) in [6.45, 7) is 0.846. The van der Waals surface area contributed by atoms with Crippen LogP contribution in [-0.4, -0.2) is 11.7 Å². The van der Waals surface area contributed by atoms with Gasteiger partial charge in [0.15, 0.2) is 12.4 Å². The van der Waals surface area contributed by atoms with E-state index in [1.165, 1.54) is 27.6 Å². The molecular formula is C24H23N2O+. The van der Waals surface area contributed by atoms with Gasteiger partial charge in [-0.1, -0.05) is 42.5 Å². The highest BCUT2D eigenvalue weighted by Crippen LogP contribution is 2.28. The molecule has 134 valence electrons. The Morgan fingerprint density at radius 3 is 2.48 bits per heavy atom. The Labute approximate surface area is 159 Å². The van der Waals surface area contributed by atoms with Crippen LogP contribution < -0.4 is 9.30 Å². The molecule has 4 rings (SSSR count). The van der Waals surface area contributed by atoms with E-state index in [9.17, 15) is 0 Å². The van der Waals surface area contributed by atoms with Crippen LogP contribution in [0.5, 0.6) is 5.75 Å². The molecule has 0 aliphatic rings. The lowest BCUT2D eigenvalue weighted by atomic mass is 10.1. The zero-order chi connectivity index (χ0) is 18.6. The maximum Gasteiger partial charge on any atom is 0.169 e. The van der Waals surface area contributed by atoms with E-state index in [1.54, 1.807) is 7.11 Å². The van der Waals surface area contributed by atoms with Crippen LogP contribution in [0.4, 0.5) is 0 Å². The molecule has 0 atom stereocenters. The van der Waals surface area contributed by atoms with Crippen LogP contribution in [-0.2, 0) is 13.6 Å². The molecule has 0 unspecified atom stereocenters. The Kier molecular flexibility index (Phi) is 4.75. The van der Waals surface area contributed by atoms with Gasteiger partial charge in [-0.2, -0.15) is 0 Å². The predicted octanol–water partition coefficient (Wildman–Crippen LogP) is 4.69. The average molecular weight is 355 g/mol. The van der Waals surface area contributed by atoms with Gasteiger partial charge < -0.3 is 9.30 Å². The number of nitrogens with zero attached hydrogens (tertiary/aromatic N) is 2. The summed E-state index contributed by atoms with van der Waals surface area (Å²) in [7, 11) is 3.73. The number of benzene rings is 2. The summed E-state index contributed by atoms with van der Waals surface area (Å²) < 4.78 is 9.78. The van der Waals surface area contributed by atoms with Crippen molar-refractivity contribution in [2.24, 2.45) is 7.05 Å². The Hall–Kier alpha value is -3.33. The maximum atomic E-state index is 5.44. The Morgan fingerprint density at radius 1 is 0.963 bits per heavy atom. The molecule has 0 spiro atoms. The van der Waals surface area contributed by atoms with Gasteiger partial charge in [0.2, 0.25) is 0 Å². The summed E-state index contributed by atoms with van der Waals surface area (Å²) >= 11 is 0.